The summed E-state index contributed by atoms with van der Waals surface area (Å²) in [5.74, 6) is 0.714. The lowest BCUT2D eigenvalue weighted by Gasteiger charge is -2.31. The maximum atomic E-state index is 13.5. The second-order valence-corrected chi connectivity index (χ2v) is 9.32. The number of hydrogen-bond donors (Lipinski definition) is 0. The summed E-state index contributed by atoms with van der Waals surface area (Å²) in [6, 6.07) is 13.4. The molecule has 0 bridgehead atoms. The van der Waals surface area contributed by atoms with E-state index in [-0.39, 0.29) is 23.3 Å². The van der Waals surface area contributed by atoms with E-state index in [1.54, 1.807) is 4.57 Å². The molecule has 0 N–H and O–H groups in total. The summed E-state index contributed by atoms with van der Waals surface area (Å²) in [4.78, 5) is 28.1. The minimum absolute atomic E-state index is 0.0394. The zero-order valence-corrected chi connectivity index (χ0v) is 19.6. The number of fused-ring (bicyclic) bond motifs is 3. The predicted octanol–water partition coefficient (Wildman–Crippen LogP) is 2.99. The summed E-state index contributed by atoms with van der Waals surface area (Å²) in [6.45, 7) is 7.68. The van der Waals surface area contributed by atoms with Gasteiger partial charge in [-0.25, -0.2) is 4.57 Å². The molecule has 0 spiro atoms. The quantitative estimate of drug-likeness (QED) is 0.433. The average Bonchev–Trinajstić information content (AvgIpc) is 3.23. The summed E-state index contributed by atoms with van der Waals surface area (Å²) in [6.07, 6.45) is 0.0394. The maximum Gasteiger partial charge on any atom is 0.267 e. The largest absolute Gasteiger partial charge is 0.375 e. The summed E-state index contributed by atoms with van der Waals surface area (Å²) < 4.78 is 9.03. The van der Waals surface area contributed by atoms with Crippen LogP contribution in [0.5, 0.6) is 0 Å². The van der Waals surface area contributed by atoms with E-state index < -0.39 is 0 Å². The molecule has 1 saturated heterocycles. The van der Waals surface area contributed by atoms with E-state index in [4.69, 9.17) is 4.74 Å². The van der Waals surface area contributed by atoms with Crippen LogP contribution < -0.4 is 5.56 Å². The molecule has 0 radical (unpaired) electrons. The number of carbonyl (C=O) groups is 1. The minimum atomic E-state index is -0.144. The molecule has 9 heteroatoms. The number of morpholine rings is 1. The second-order valence-electron chi connectivity index (χ2n) is 8.38. The van der Waals surface area contributed by atoms with Gasteiger partial charge in [0.2, 0.25) is 11.7 Å². The smallest absolute Gasteiger partial charge is 0.267 e. The van der Waals surface area contributed by atoms with Crippen molar-refractivity contribution in [1.82, 2.24) is 24.1 Å². The van der Waals surface area contributed by atoms with Gasteiger partial charge in [0, 0.05) is 13.1 Å². The molecule has 4 aromatic rings. The zero-order chi connectivity index (χ0) is 23.1. The van der Waals surface area contributed by atoms with Crippen LogP contribution in [0.4, 0.5) is 0 Å². The number of ether oxygens (including phenoxy) is 1. The molecule has 1 aliphatic rings. The highest BCUT2D eigenvalue weighted by Gasteiger charge is 2.23. The van der Waals surface area contributed by atoms with Gasteiger partial charge in [-0.05, 0) is 50.1 Å². The highest BCUT2D eigenvalue weighted by molar-refractivity contribution is 7.99. The number of hydrogen-bond acceptors (Lipinski definition) is 6. The number of para-hydroxylation sites is 1. The first-order valence-electron chi connectivity index (χ1n) is 10.9. The normalized spacial score (nSPS) is 16.6. The molecule has 170 valence electrons. The SMILES string of the molecule is Cc1ccc(C)c(-n2c(=O)c3ccccc3n3c(SCC(=O)N4CCOC(C)C4)nnc23)c1. The number of rotatable bonds is 4. The van der Waals surface area contributed by atoms with Crippen LogP contribution in [-0.2, 0) is 9.53 Å². The molecule has 1 amide bonds. The Morgan fingerprint density at radius 3 is 2.82 bits per heavy atom. The van der Waals surface area contributed by atoms with E-state index in [1.165, 1.54) is 11.8 Å². The Morgan fingerprint density at radius 2 is 2.00 bits per heavy atom. The van der Waals surface area contributed by atoms with E-state index in [2.05, 4.69) is 10.2 Å². The van der Waals surface area contributed by atoms with E-state index in [0.717, 1.165) is 22.3 Å². The first-order chi connectivity index (χ1) is 15.9. The maximum absolute atomic E-state index is 13.5. The molecular weight excluding hydrogens is 438 g/mol. The van der Waals surface area contributed by atoms with Gasteiger partial charge in [0.1, 0.15) is 0 Å². The fourth-order valence-electron chi connectivity index (χ4n) is 4.21. The number of carbonyl (C=O) groups excluding carboxylic acids is 1. The van der Waals surface area contributed by atoms with Crippen LogP contribution >= 0.6 is 11.8 Å². The molecule has 3 heterocycles. The Morgan fingerprint density at radius 1 is 1.18 bits per heavy atom. The number of aryl methyl sites for hydroxylation is 2. The standard InChI is InChI=1S/C24H25N5O3S/c1-15-8-9-16(2)20(12-15)28-22(31)18-6-4-5-7-19(18)29-23(28)25-26-24(29)33-14-21(30)27-10-11-32-17(3)13-27/h4-9,12,17H,10-11,13-14H2,1-3H3. The van der Waals surface area contributed by atoms with Gasteiger partial charge in [-0.1, -0.05) is 36.0 Å². The zero-order valence-electron chi connectivity index (χ0n) is 18.8. The van der Waals surface area contributed by atoms with Crippen molar-refractivity contribution in [3.05, 3.63) is 63.9 Å². The highest BCUT2D eigenvalue weighted by Crippen LogP contribution is 2.25. The van der Waals surface area contributed by atoms with Crippen LogP contribution in [0, 0.1) is 13.8 Å². The van der Waals surface area contributed by atoms with Crippen molar-refractivity contribution < 1.29 is 9.53 Å². The summed E-state index contributed by atoms with van der Waals surface area (Å²) in [7, 11) is 0. The lowest BCUT2D eigenvalue weighted by atomic mass is 10.1. The summed E-state index contributed by atoms with van der Waals surface area (Å²) in [5.41, 5.74) is 3.37. The Balaban J connectivity index is 1.61. The molecule has 1 fully saturated rings. The van der Waals surface area contributed by atoms with Gasteiger partial charge in [0.05, 0.1) is 35.1 Å². The molecule has 0 saturated carbocycles. The van der Waals surface area contributed by atoms with Gasteiger partial charge in [-0.3, -0.25) is 14.0 Å². The van der Waals surface area contributed by atoms with Crippen molar-refractivity contribution in [2.24, 2.45) is 0 Å². The number of thioether (sulfide) groups is 1. The van der Waals surface area contributed by atoms with Crippen molar-refractivity contribution in [2.45, 2.75) is 32.0 Å². The Kier molecular flexibility index (Phi) is 5.67. The fourth-order valence-corrected chi connectivity index (χ4v) is 5.05. The molecule has 33 heavy (non-hydrogen) atoms. The molecule has 2 aromatic carbocycles. The number of nitrogens with zero attached hydrogens (tertiary/aromatic N) is 5. The van der Waals surface area contributed by atoms with E-state index in [9.17, 15) is 9.59 Å². The van der Waals surface area contributed by atoms with Crippen LogP contribution in [0.1, 0.15) is 18.1 Å². The molecule has 1 atom stereocenters. The Bertz CT molecular complexity index is 1430. The topological polar surface area (TPSA) is 81.7 Å². The van der Waals surface area contributed by atoms with Gasteiger partial charge >= 0.3 is 0 Å². The third kappa shape index (κ3) is 3.91. The summed E-state index contributed by atoms with van der Waals surface area (Å²) >= 11 is 1.33. The van der Waals surface area contributed by atoms with Gasteiger partial charge in [-0.15, -0.1) is 10.2 Å². The molecular formula is C24H25N5O3S. The molecule has 1 aliphatic heterocycles. The van der Waals surface area contributed by atoms with Crippen molar-refractivity contribution >= 4 is 34.3 Å². The van der Waals surface area contributed by atoms with Gasteiger partial charge < -0.3 is 9.64 Å². The molecule has 0 aliphatic carbocycles. The van der Waals surface area contributed by atoms with E-state index in [1.807, 2.05) is 72.5 Å². The number of benzene rings is 2. The highest BCUT2D eigenvalue weighted by atomic mass is 32.2. The van der Waals surface area contributed by atoms with Crippen molar-refractivity contribution in [2.75, 3.05) is 25.4 Å². The molecule has 5 rings (SSSR count). The van der Waals surface area contributed by atoms with E-state index in [0.29, 0.717) is 36.0 Å². The van der Waals surface area contributed by atoms with E-state index >= 15 is 0 Å². The van der Waals surface area contributed by atoms with Crippen molar-refractivity contribution in [3.8, 4) is 5.69 Å². The van der Waals surface area contributed by atoms with Crippen molar-refractivity contribution in [1.29, 1.82) is 0 Å². The van der Waals surface area contributed by atoms with Crippen LogP contribution in [0.3, 0.4) is 0 Å². The second kappa shape index (κ2) is 8.64. The van der Waals surface area contributed by atoms with Crippen LogP contribution in [0.25, 0.3) is 22.4 Å². The molecule has 2 aromatic heterocycles. The van der Waals surface area contributed by atoms with Crippen LogP contribution in [0.2, 0.25) is 0 Å². The number of amides is 1. The summed E-state index contributed by atoms with van der Waals surface area (Å²) in [5, 5.41) is 9.92. The lowest BCUT2D eigenvalue weighted by Crippen LogP contribution is -2.45. The van der Waals surface area contributed by atoms with Gasteiger partial charge in [0.25, 0.3) is 5.56 Å². The molecule has 8 nitrogen and oxygen atoms in total. The first kappa shape index (κ1) is 21.7. The molecule has 1 unspecified atom stereocenters. The minimum Gasteiger partial charge on any atom is -0.375 e. The average molecular weight is 464 g/mol. The van der Waals surface area contributed by atoms with Crippen LogP contribution in [-0.4, -0.2) is 61.5 Å². The third-order valence-corrected chi connectivity index (χ3v) is 6.83. The lowest BCUT2D eigenvalue weighted by molar-refractivity contribution is -0.135. The third-order valence-electron chi connectivity index (χ3n) is 5.92. The Hall–Kier alpha value is -3.17. The Labute approximate surface area is 195 Å². The monoisotopic (exact) mass is 463 g/mol. The fraction of sp³-hybridized carbons (Fsp3) is 0.333. The first-order valence-corrected chi connectivity index (χ1v) is 11.9. The van der Waals surface area contributed by atoms with Gasteiger partial charge in [-0.2, -0.15) is 0 Å². The van der Waals surface area contributed by atoms with Crippen molar-refractivity contribution in [3.63, 3.8) is 0 Å². The number of aromatic nitrogens is 4. The van der Waals surface area contributed by atoms with Crippen LogP contribution in [0.15, 0.2) is 52.4 Å². The van der Waals surface area contributed by atoms with Gasteiger partial charge in [0.15, 0.2) is 5.16 Å². The predicted molar refractivity (Wildman–Crippen MR) is 128 cm³/mol.